The van der Waals surface area contributed by atoms with Crippen LogP contribution in [0.2, 0.25) is 0 Å². The van der Waals surface area contributed by atoms with E-state index >= 15 is 4.39 Å². The molecule has 4 saturated heterocycles. The molecule has 0 spiro atoms. The largest absolute Gasteiger partial charge is 0.508 e. The van der Waals surface area contributed by atoms with Gasteiger partial charge >= 0.3 is 6.01 Å². The van der Waals surface area contributed by atoms with Gasteiger partial charge in [-0.1, -0.05) is 30.2 Å². The highest BCUT2D eigenvalue weighted by Crippen LogP contribution is 2.43. The van der Waals surface area contributed by atoms with Crippen molar-refractivity contribution in [2.24, 2.45) is 0 Å². The maximum absolute atomic E-state index is 16.8. The van der Waals surface area contributed by atoms with Gasteiger partial charge in [0, 0.05) is 67.4 Å². The SMILES string of the molecule is C#Cc1cccc2cc(O)cc(-c3ncc4c(N5C[C@H]6CC[C@@H](C5)N6)nc(OC[C@]56CC(=C)CN5C[C@H](F)C6)nc4c3F)c12. The van der Waals surface area contributed by atoms with E-state index in [2.05, 4.69) is 37.6 Å². The number of piperazine rings is 1. The highest BCUT2D eigenvalue weighted by atomic mass is 19.1. The molecule has 8 nitrogen and oxygen atoms in total. The van der Waals surface area contributed by atoms with E-state index in [1.807, 2.05) is 6.07 Å². The minimum atomic E-state index is -0.938. The number of phenols is 1. The Balaban J connectivity index is 1.26. The number of aromatic hydroxyl groups is 1. The van der Waals surface area contributed by atoms with Crippen LogP contribution in [0.25, 0.3) is 32.9 Å². The molecule has 8 rings (SSSR count). The molecule has 2 bridgehead atoms. The summed E-state index contributed by atoms with van der Waals surface area (Å²) in [6.45, 7) is 6.73. The number of terminal acetylenes is 1. The van der Waals surface area contributed by atoms with Gasteiger partial charge < -0.3 is 20.1 Å². The van der Waals surface area contributed by atoms with E-state index in [9.17, 15) is 9.50 Å². The number of rotatable bonds is 5. The van der Waals surface area contributed by atoms with Crippen molar-refractivity contribution in [3.05, 3.63) is 60.1 Å². The molecular weight excluding hydrogens is 562 g/mol. The second kappa shape index (κ2) is 10.1. The molecule has 4 aliphatic heterocycles. The number of phenolic OH excluding ortho intramolecular Hbond substituents is 1. The molecule has 0 saturated carbocycles. The predicted molar refractivity (Wildman–Crippen MR) is 165 cm³/mol. The first kappa shape index (κ1) is 27.2. The number of pyridine rings is 1. The van der Waals surface area contributed by atoms with Crippen LogP contribution in [0.15, 0.2) is 48.7 Å². The quantitative estimate of drug-likeness (QED) is 0.253. The first-order chi connectivity index (χ1) is 21.3. The predicted octanol–water partition coefficient (Wildman–Crippen LogP) is 4.73. The van der Waals surface area contributed by atoms with E-state index < -0.39 is 17.5 Å². The van der Waals surface area contributed by atoms with Crippen molar-refractivity contribution in [2.75, 3.05) is 37.7 Å². The number of ether oxygens (including phenoxy) is 1. The highest BCUT2D eigenvalue weighted by Gasteiger charge is 2.50. The number of anilines is 1. The maximum Gasteiger partial charge on any atom is 0.319 e. The molecule has 4 aromatic rings. The van der Waals surface area contributed by atoms with Gasteiger partial charge in [-0.05, 0) is 42.8 Å². The van der Waals surface area contributed by atoms with Crippen molar-refractivity contribution < 1.29 is 18.6 Å². The fourth-order valence-electron chi connectivity index (χ4n) is 7.85. The average Bonchev–Trinajstić information content (AvgIpc) is 3.61. The summed E-state index contributed by atoms with van der Waals surface area (Å²) in [7, 11) is 0. The molecule has 224 valence electrons. The summed E-state index contributed by atoms with van der Waals surface area (Å²) in [5, 5.41) is 15.9. The summed E-state index contributed by atoms with van der Waals surface area (Å²) < 4.78 is 37.5. The molecule has 0 amide bonds. The van der Waals surface area contributed by atoms with E-state index in [0.29, 0.717) is 71.1 Å². The Morgan fingerprint density at radius 1 is 1.18 bits per heavy atom. The summed E-state index contributed by atoms with van der Waals surface area (Å²) >= 11 is 0. The smallest absolute Gasteiger partial charge is 0.319 e. The molecule has 4 aliphatic rings. The lowest BCUT2D eigenvalue weighted by atomic mass is 9.93. The number of nitrogens with one attached hydrogen (secondary N) is 1. The third-order valence-corrected chi connectivity index (χ3v) is 9.69. The van der Waals surface area contributed by atoms with Crippen LogP contribution in [0.4, 0.5) is 14.6 Å². The Kier molecular flexibility index (Phi) is 6.26. The van der Waals surface area contributed by atoms with Crippen LogP contribution >= 0.6 is 0 Å². The lowest BCUT2D eigenvalue weighted by Gasteiger charge is -2.34. The summed E-state index contributed by atoms with van der Waals surface area (Å²) in [5.74, 6) is 2.54. The van der Waals surface area contributed by atoms with E-state index in [4.69, 9.17) is 16.1 Å². The Labute approximate surface area is 253 Å². The number of aromatic nitrogens is 3. The molecule has 2 aromatic heterocycles. The van der Waals surface area contributed by atoms with Gasteiger partial charge in [-0.15, -0.1) is 6.42 Å². The lowest BCUT2D eigenvalue weighted by molar-refractivity contribution is 0.107. The van der Waals surface area contributed by atoms with Crippen molar-refractivity contribution in [2.45, 2.75) is 49.5 Å². The maximum atomic E-state index is 16.8. The Bertz CT molecular complexity index is 1880. The molecule has 4 fully saturated rings. The van der Waals surface area contributed by atoms with Crippen molar-refractivity contribution in [1.29, 1.82) is 0 Å². The first-order valence-electron chi connectivity index (χ1n) is 15.1. The van der Waals surface area contributed by atoms with Gasteiger partial charge in [-0.25, -0.2) is 8.78 Å². The molecule has 44 heavy (non-hydrogen) atoms. The minimum Gasteiger partial charge on any atom is -0.508 e. The fraction of sp³-hybridized carbons (Fsp3) is 0.382. The number of halogens is 2. The van der Waals surface area contributed by atoms with Gasteiger partial charge in [0.2, 0.25) is 0 Å². The van der Waals surface area contributed by atoms with Crippen LogP contribution in [-0.2, 0) is 0 Å². The van der Waals surface area contributed by atoms with Crippen LogP contribution in [0.5, 0.6) is 11.8 Å². The average molecular weight is 595 g/mol. The molecule has 0 unspecified atom stereocenters. The summed E-state index contributed by atoms with van der Waals surface area (Å²) in [5.41, 5.74) is 1.54. The van der Waals surface area contributed by atoms with Gasteiger partial charge in [0.15, 0.2) is 5.82 Å². The van der Waals surface area contributed by atoms with Crippen LogP contribution in [0.1, 0.15) is 31.2 Å². The number of nitrogens with zero attached hydrogens (tertiary/aromatic N) is 5. The van der Waals surface area contributed by atoms with Crippen LogP contribution < -0.4 is 15.0 Å². The van der Waals surface area contributed by atoms with Gasteiger partial charge in [0.1, 0.15) is 35.6 Å². The zero-order valence-electron chi connectivity index (χ0n) is 24.2. The van der Waals surface area contributed by atoms with E-state index in [0.717, 1.165) is 31.5 Å². The van der Waals surface area contributed by atoms with Gasteiger partial charge in [-0.3, -0.25) is 9.88 Å². The molecule has 0 aliphatic carbocycles. The number of hydrogen-bond donors (Lipinski definition) is 2. The van der Waals surface area contributed by atoms with Crippen LogP contribution in [0.3, 0.4) is 0 Å². The zero-order chi connectivity index (χ0) is 30.2. The third-order valence-electron chi connectivity index (χ3n) is 9.69. The van der Waals surface area contributed by atoms with Crippen molar-refractivity contribution in [3.63, 3.8) is 0 Å². The zero-order valence-corrected chi connectivity index (χ0v) is 24.2. The highest BCUT2D eigenvalue weighted by molar-refractivity contribution is 6.02. The van der Waals surface area contributed by atoms with Gasteiger partial charge in [0.05, 0.1) is 10.9 Å². The van der Waals surface area contributed by atoms with Crippen LogP contribution in [0, 0.1) is 18.2 Å². The van der Waals surface area contributed by atoms with Crippen molar-refractivity contribution in [1.82, 2.24) is 25.2 Å². The normalized spacial score (nSPS) is 26.4. The molecule has 4 atom stereocenters. The van der Waals surface area contributed by atoms with Gasteiger partial charge in [0.25, 0.3) is 0 Å². The third kappa shape index (κ3) is 4.37. The fourth-order valence-corrected chi connectivity index (χ4v) is 7.85. The second-order valence-electron chi connectivity index (χ2n) is 12.7. The summed E-state index contributed by atoms with van der Waals surface area (Å²) in [6.07, 6.45) is 9.59. The van der Waals surface area contributed by atoms with Crippen LogP contribution in [-0.4, -0.2) is 81.5 Å². The first-order valence-corrected chi connectivity index (χ1v) is 15.1. The summed E-state index contributed by atoms with van der Waals surface area (Å²) in [6, 6.07) is 9.12. The molecule has 10 heteroatoms. The summed E-state index contributed by atoms with van der Waals surface area (Å²) in [4.78, 5) is 18.2. The van der Waals surface area contributed by atoms with Gasteiger partial charge in [-0.2, -0.15) is 9.97 Å². The minimum absolute atomic E-state index is 0.0185. The number of benzene rings is 2. The molecular formula is C34H32F2N6O2. The van der Waals surface area contributed by atoms with Crippen molar-refractivity contribution >= 4 is 27.5 Å². The Hall–Kier alpha value is -4.33. The van der Waals surface area contributed by atoms with E-state index in [1.165, 1.54) is 6.07 Å². The number of fused-ring (bicyclic) bond motifs is 5. The van der Waals surface area contributed by atoms with E-state index in [-0.39, 0.29) is 29.6 Å². The van der Waals surface area contributed by atoms with Crippen molar-refractivity contribution in [3.8, 4) is 35.4 Å². The monoisotopic (exact) mass is 594 g/mol. The number of hydrogen-bond acceptors (Lipinski definition) is 8. The van der Waals surface area contributed by atoms with E-state index in [1.54, 1.807) is 24.4 Å². The molecule has 0 radical (unpaired) electrons. The molecule has 2 aromatic carbocycles. The molecule has 2 N–H and O–H groups in total. The second-order valence-corrected chi connectivity index (χ2v) is 12.7. The standard InChI is InChI=1S/C34H32F2N6O2/c1-3-20-5-4-6-21-9-25(43)10-26(28(20)21)30-29(36)31-27(13-37-30)32(41-16-23-7-8-24(17-41)38-23)40-33(39-31)44-18-34-11-19(2)14-42(34)15-22(35)12-34/h1,4-6,9-10,13,22-24,38,43H,2,7-8,11-12,14-18H2/t22-,23-,24+,34-/m1/s1. The number of alkyl halides is 1. The topological polar surface area (TPSA) is 86.6 Å². The molecule has 6 heterocycles. The Morgan fingerprint density at radius 2 is 2.00 bits per heavy atom. The Morgan fingerprint density at radius 3 is 2.80 bits per heavy atom. The lowest BCUT2D eigenvalue weighted by Crippen LogP contribution is -2.51.